The molecule has 0 unspecified atom stereocenters. The van der Waals surface area contributed by atoms with Crippen LogP contribution in [0.15, 0.2) is 59.7 Å². The molecule has 0 spiro atoms. The number of hydrogen-bond donors (Lipinski definition) is 2. The summed E-state index contributed by atoms with van der Waals surface area (Å²) >= 11 is 7.02. The van der Waals surface area contributed by atoms with Gasteiger partial charge in [0.2, 0.25) is 5.13 Å². The van der Waals surface area contributed by atoms with Gasteiger partial charge in [-0.05, 0) is 17.7 Å². The van der Waals surface area contributed by atoms with Crippen molar-refractivity contribution in [2.75, 3.05) is 5.32 Å². The van der Waals surface area contributed by atoms with E-state index in [0.717, 1.165) is 5.56 Å². The van der Waals surface area contributed by atoms with Gasteiger partial charge in [0, 0.05) is 10.6 Å². The number of carbonyl (C=O) groups excluding carboxylic acids is 2. The van der Waals surface area contributed by atoms with Crippen LogP contribution in [0.2, 0.25) is 5.02 Å². The van der Waals surface area contributed by atoms with Gasteiger partial charge < -0.3 is 0 Å². The molecule has 0 aliphatic rings. The molecule has 0 saturated heterocycles. The fraction of sp³-hybridized carbons (Fsp3) is 0. The highest BCUT2D eigenvalue weighted by molar-refractivity contribution is 7.18. The second-order valence-electron chi connectivity index (χ2n) is 4.99. The van der Waals surface area contributed by atoms with Gasteiger partial charge in [0.25, 0.3) is 0 Å². The number of halogens is 1. The third-order valence-electron chi connectivity index (χ3n) is 3.10. The molecule has 2 amide bonds. The Hall–Kier alpha value is -3.10. The maximum Gasteiger partial charge on any atom is 0.329 e. The zero-order valence-electron chi connectivity index (χ0n) is 13.2. The second-order valence-corrected chi connectivity index (χ2v) is 6.40. The monoisotopic (exact) mass is 385 g/mol. The van der Waals surface area contributed by atoms with Crippen molar-refractivity contribution >= 4 is 46.1 Å². The lowest BCUT2D eigenvalue weighted by atomic mass is 10.2. The Morgan fingerprint density at radius 2 is 1.85 bits per heavy atom. The molecule has 0 bridgehead atoms. The molecule has 1 aromatic heterocycles. The Bertz CT molecular complexity index is 959. The lowest BCUT2D eigenvalue weighted by Gasteiger charge is -1.99. The smallest absolute Gasteiger partial charge is 0.292 e. The van der Waals surface area contributed by atoms with Crippen molar-refractivity contribution in [1.82, 2.24) is 15.6 Å². The van der Waals surface area contributed by atoms with Crippen LogP contribution in [0, 0.1) is 0 Å². The predicted octanol–water partition coefficient (Wildman–Crippen LogP) is 2.95. The van der Waals surface area contributed by atoms with Crippen molar-refractivity contribution in [2.45, 2.75) is 0 Å². The molecular weight excluding hydrogens is 374 g/mol. The largest absolute Gasteiger partial charge is 0.329 e. The lowest BCUT2D eigenvalue weighted by Crippen LogP contribution is -2.32. The zero-order chi connectivity index (χ0) is 18.4. The van der Waals surface area contributed by atoms with E-state index in [1.807, 2.05) is 30.3 Å². The van der Waals surface area contributed by atoms with Crippen LogP contribution < -0.4 is 10.7 Å². The number of hydrogen-bond acceptors (Lipinski definition) is 6. The zero-order valence-corrected chi connectivity index (χ0v) is 14.8. The highest BCUT2D eigenvalue weighted by atomic mass is 35.5. The van der Waals surface area contributed by atoms with Crippen LogP contribution in [-0.4, -0.2) is 28.2 Å². The van der Waals surface area contributed by atoms with Gasteiger partial charge in [0.05, 0.1) is 6.21 Å². The summed E-state index contributed by atoms with van der Waals surface area (Å²) in [6.07, 6.45) is 1.38. The van der Waals surface area contributed by atoms with Crippen LogP contribution >= 0.6 is 22.9 Å². The molecule has 2 N–H and O–H groups in total. The van der Waals surface area contributed by atoms with Gasteiger partial charge in [0.15, 0.2) is 0 Å². The fourth-order valence-corrected chi connectivity index (χ4v) is 2.87. The van der Waals surface area contributed by atoms with Crippen LogP contribution in [0.3, 0.4) is 0 Å². The number of hydrazone groups is 1. The van der Waals surface area contributed by atoms with Crippen molar-refractivity contribution in [1.29, 1.82) is 0 Å². The number of anilines is 1. The highest BCUT2D eigenvalue weighted by Crippen LogP contribution is 2.25. The van der Waals surface area contributed by atoms with Crippen molar-refractivity contribution in [2.24, 2.45) is 5.10 Å². The molecule has 3 rings (SSSR count). The van der Waals surface area contributed by atoms with E-state index in [9.17, 15) is 9.59 Å². The van der Waals surface area contributed by atoms with E-state index < -0.39 is 11.8 Å². The Balaban J connectivity index is 1.56. The first-order valence-corrected chi connectivity index (χ1v) is 8.60. The Morgan fingerprint density at radius 1 is 1.04 bits per heavy atom. The average molecular weight is 386 g/mol. The van der Waals surface area contributed by atoms with Gasteiger partial charge >= 0.3 is 11.8 Å². The molecule has 3 aromatic rings. The number of benzene rings is 2. The van der Waals surface area contributed by atoms with Crippen LogP contribution in [0.5, 0.6) is 0 Å². The normalized spacial score (nSPS) is 10.7. The van der Waals surface area contributed by atoms with E-state index in [1.54, 1.807) is 24.3 Å². The summed E-state index contributed by atoms with van der Waals surface area (Å²) in [5.41, 5.74) is 3.71. The van der Waals surface area contributed by atoms with E-state index in [0.29, 0.717) is 15.6 Å². The molecule has 0 atom stereocenters. The third kappa shape index (κ3) is 4.71. The number of rotatable bonds is 4. The van der Waals surface area contributed by atoms with Crippen LogP contribution in [0.4, 0.5) is 5.13 Å². The Morgan fingerprint density at radius 3 is 2.62 bits per heavy atom. The van der Waals surface area contributed by atoms with E-state index >= 15 is 0 Å². The number of nitrogens with one attached hydrogen (secondary N) is 2. The molecular formula is C17H12ClN5O2S. The molecule has 1 heterocycles. The first kappa shape index (κ1) is 17.7. The second kappa shape index (κ2) is 8.32. The molecule has 130 valence electrons. The van der Waals surface area contributed by atoms with Gasteiger partial charge in [-0.25, -0.2) is 5.43 Å². The van der Waals surface area contributed by atoms with E-state index in [2.05, 4.69) is 26.0 Å². The summed E-state index contributed by atoms with van der Waals surface area (Å²) in [5.74, 6) is -1.80. The molecule has 0 fully saturated rings. The molecule has 0 saturated carbocycles. The Labute approximate surface area is 157 Å². The predicted molar refractivity (Wildman–Crippen MR) is 101 cm³/mol. The molecule has 26 heavy (non-hydrogen) atoms. The minimum absolute atomic E-state index is 0.225. The molecule has 7 nitrogen and oxygen atoms in total. The van der Waals surface area contributed by atoms with E-state index in [-0.39, 0.29) is 5.13 Å². The van der Waals surface area contributed by atoms with Crippen molar-refractivity contribution in [3.05, 3.63) is 65.2 Å². The minimum Gasteiger partial charge on any atom is -0.292 e. The minimum atomic E-state index is -0.917. The first-order chi connectivity index (χ1) is 12.6. The summed E-state index contributed by atoms with van der Waals surface area (Å²) in [4.78, 5) is 23.7. The SMILES string of the molecule is O=C(N/N=C/c1cccc(Cl)c1)C(=O)Nc1nnc(-c2ccccc2)s1. The van der Waals surface area contributed by atoms with Gasteiger partial charge in [-0.1, -0.05) is 65.4 Å². The van der Waals surface area contributed by atoms with Gasteiger partial charge in [-0.3, -0.25) is 14.9 Å². The molecule has 0 radical (unpaired) electrons. The van der Waals surface area contributed by atoms with E-state index in [4.69, 9.17) is 11.6 Å². The van der Waals surface area contributed by atoms with Crippen molar-refractivity contribution in [3.63, 3.8) is 0 Å². The molecule has 9 heteroatoms. The van der Waals surface area contributed by atoms with Gasteiger partial charge in [-0.15, -0.1) is 10.2 Å². The highest BCUT2D eigenvalue weighted by Gasteiger charge is 2.16. The summed E-state index contributed by atoms with van der Waals surface area (Å²) in [7, 11) is 0. The standard InChI is InChI=1S/C17H12ClN5O2S/c18-13-8-4-5-11(9-13)10-19-21-15(25)14(24)20-17-23-22-16(26-17)12-6-2-1-3-7-12/h1-10H,(H,21,25)(H,20,23,24)/b19-10+. The summed E-state index contributed by atoms with van der Waals surface area (Å²) in [6, 6.07) is 16.3. The quantitative estimate of drug-likeness (QED) is 0.410. The molecule has 0 aliphatic carbocycles. The van der Waals surface area contributed by atoms with Crippen molar-refractivity contribution < 1.29 is 9.59 Å². The van der Waals surface area contributed by atoms with Crippen LogP contribution in [0.1, 0.15) is 5.56 Å². The molecule has 0 aliphatic heterocycles. The average Bonchev–Trinajstić information content (AvgIpc) is 3.11. The topological polar surface area (TPSA) is 96.3 Å². The number of aromatic nitrogens is 2. The maximum atomic E-state index is 11.9. The third-order valence-corrected chi connectivity index (χ3v) is 4.22. The van der Waals surface area contributed by atoms with Crippen LogP contribution in [0.25, 0.3) is 10.6 Å². The van der Waals surface area contributed by atoms with Gasteiger partial charge in [0.1, 0.15) is 5.01 Å². The lowest BCUT2D eigenvalue weighted by molar-refractivity contribution is -0.136. The molecule has 2 aromatic carbocycles. The maximum absolute atomic E-state index is 11.9. The number of amides is 2. The van der Waals surface area contributed by atoms with Gasteiger partial charge in [-0.2, -0.15) is 5.10 Å². The number of nitrogens with zero attached hydrogens (tertiary/aromatic N) is 3. The van der Waals surface area contributed by atoms with Crippen LogP contribution in [-0.2, 0) is 9.59 Å². The van der Waals surface area contributed by atoms with E-state index in [1.165, 1.54) is 17.6 Å². The Kier molecular flexibility index (Phi) is 5.67. The number of carbonyl (C=O) groups is 2. The summed E-state index contributed by atoms with van der Waals surface area (Å²) < 4.78 is 0. The summed E-state index contributed by atoms with van der Waals surface area (Å²) in [6.45, 7) is 0. The van der Waals surface area contributed by atoms with Crippen molar-refractivity contribution in [3.8, 4) is 10.6 Å². The first-order valence-electron chi connectivity index (χ1n) is 7.41. The summed E-state index contributed by atoms with van der Waals surface area (Å²) in [5, 5.41) is 15.4. The fourth-order valence-electron chi connectivity index (χ4n) is 1.93.